The van der Waals surface area contributed by atoms with E-state index in [4.69, 9.17) is 14.2 Å². The van der Waals surface area contributed by atoms with Crippen molar-refractivity contribution in [2.24, 2.45) is 4.99 Å². The molecular weight excluding hydrogens is 408 g/mol. The summed E-state index contributed by atoms with van der Waals surface area (Å²) in [5, 5.41) is 0. The van der Waals surface area contributed by atoms with Crippen LogP contribution in [0.1, 0.15) is 6.42 Å². The Balaban J connectivity index is 1.86. The number of benzene rings is 2. The molecule has 0 aliphatic rings. The number of ether oxygens (including phenoxy) is 3. The van der Waals surface area contributed by atoms with Crippen LogP contribution in [0.3, 0.4) is 0 Å². The minimum atomic E-state index is -0.204. The molecule has 3 aromatic rings. The summed E-state index contributed by atoms with van der Waals surface area (Å²) in [6.07, 6.45) is 2.28. The van der Waals surface area contributed by atoms with E-state index in [2.05, 4.69) is 15.8 Å². The first-order chi connectivity index (χ1) is 14.2. The van der Waals surface area contributed by atoms with Crippen molar-refractivity contribution in [3.63, 3.8) is 0 Å². The van der Waals surface area contributed by atoms with Gasteiger partial charge < -0.3 is 18.8 Å². The fourth-order valence-corrected chi connectivity index (χ4v) is 4.26. The maximum absolute atomic E-state index is 12.4. The number of carbonyl (C=O) groups is 1. The number of rotatable bonds is 9. The Morgan fingerprint density at radius 1 is 1.14 bits per heavy atom. The lowest BCUT2D eigenvalue weighted by Crippen LogP contribution is -2.18. The van der Waals surface area contributed by atoms with Gasteiger partial charge in [-0.1, -0.05) is 29.5 Å². The van der Waals surface area contributed by atoms with E-state index in [9.17, 15) is 4.79 Å². The number of hydrogen-bond donors (Lipinski definition) is 0. The number of nitrogens with zero attached hydrogens (tertiary/aromatic N) is 2. The van der Waals surface area contributed by atoms with Crippen molar-refractivity contribution in [1.29, 1.82) is 0 Å². The van der Waals surface area contributed by atoms with Crippen LogP contribution in [-0.2, 0) is 11.3 Å². The number of amides is 1. The average Bonchev–Trinajstić information content (AvgIpc) is 3.07. The third-order valence-corrected chi connectivity index (χ3v) is 5.89. The van der Waals surface area contributed by atoms with E-state index in [-0.39, 0.29) is 12.3 Å². The SMILES string of the molecule is COc1cc2sc(=NC(=O)CCOc3ccccc3)n(CCSC)c2cc1OC. The van der Waals surface area contributed by atoms with Crippen LogP contribution in [0.5, 0.6) is 17.2 Å². The molecule has 0 aliphatic carbocycles. The summed E-state index contributed by atoms with van der Waals surface area (Å²) >= 11 is 3.22. The van der Waals surface area contributed by atoms with Crippen LogP contribution in [0.25, 0.3) is 10.2 Å². The standard InChI is InChI=1S/C21H24N2O4S2/c1-25-17-13-16-19(14-18(17)26-2)29-21(23(16)10-12-28-3)22-20(24)9-11-27-15-7-5-4-6-8-15/h4-8,13-14H,9-12H2,1-3H3. The Morgan fingerprint density at radius 3 is 2.55 bits per heavy atom. The monoisotopic (exact) mass is 432 g/mol. The largest absolute Gasteiger partial charge is 0.493 e. The summed E-state index contributed by atoms with van der Waals surface area (Å²) in [6, 6.07) is 13.3. The molecule has 0 unspecified atom stereocenters. The van der Waals surface area contributed by atoms with Gasteiger partial charge in [-0.3, -0.25) is 4.79 Å². The number of methoxy groups -OCH3 is 2. The molecular formula is C21H24N2O4S2. The molecule has 0 saturated heterocycles. The van der Waals surface area contributed by atoms with Crippen LogP contribution in [0.15, 0.2) is 47.5 Å². The zero-order valence-electron chi connectivity index (χ0n) is 16.7. The fraction of sp³-hybridized carbons (Fsp3) is 0.333. The van der Waals surface area contributed by atoms with Crippen LogP contribution in [0, 0.1) is 0 Å². The Labute approximate surface area is 178 Å². The van der Waals surface area contributed by atoms with E-state index < -0.39 is 0 Å². The van der Waals surface area contributed by atoms with Gasteiger partial charge in [0.2, 0.25) is 0 Å². The van der Waals surface area contributed by atoms with Crippen molar-refractivity contribution in [1.82, 2.24) is 4.57 Å². The Kier molecular flexibility index (Phi) is 7.60. The van der Waals surface area contributed by atoms with Crippen molar-refractivity contribution in [2.45, 2.75) is 13.0 Å². The molecule has 29 heavy (non-hydrogen) atoms. The minimum absolute atomic E-state index is 0.204. The molecule has 3 rings (SSSR count). The van der Waals surface area contributed by atoms with Crippen molar-refractivity contribution >= 4 is 39.2 Å². The van der Waals surface area contributed by atoms with Gasteiger partial charge in [-0.05, 0) is 18.4 Å². The summed E-state index contributed by atoms with van der Waals surface area (Å²) < 4.78 is 19.5. The maximum atomic E-state index is 12.4. The van der Waals surface area contributed by atoms with E-state index in [1.165, 1.54) is 11.3 Å². The zero-order valence-corrected chi connectivity index (χ0v) is 18.3. The molecule has 0 spiro atoms. The number of fused-ring (bicyclic) bond motifs is 1. The second-order valence-corrected chi connectivity index (χ2v) is 8.12. The number of carbonyl (C=O) groups excluding carboxylic acids is 1. The molecule has 0 fully saturated rings. The maximum Gasteiger partial charge on any atom is 0.251 e. The molecule has 0 radical (unpaired) electrons. The summed E-state index contributed by atoms with van der Waals surface area (Å²) in [5.41, 5.74) is 0.980. The van der Waals surface area contributed by atoms with Gasteiger partial charge in [-0.2, -0.15) is 16.8 Å². The first-order valence-electron chi connectivity index (χ1n) is 9.16. The van der Waals surface area contributed by atoms with Crippen molar-refractivity contribution < 1.29 is 19.0 Å². The Hall–Kier alpha value is -2.45. The molecule has 0 N–H and O–H groups in total. The smallest absolute Gasteiger partial charge is 0.251 e. The normalized spacial score (nSPS) is 11.6. The van der Waals surface area contributed by atoms with Gasteiger partial charge in [-0.15, -0.1) is 0 Å². The van der Waals surface area contributed by atoms with E-state index >= 15 is 0 Å². The predicted octanol–water partition coefficient (Wildman–Crippen LogP) is 3.98. The molecule has 1 heterocycles. The number of thiazole rings is 1. The highest BCUT2D eigenvalue weighted by Gasteiger charge is 2.13. The molecule has 0 atom stereocenters. The van der Waals surface area contributed by atoms with Crippen LogP contribution < -0.4 is 19.0 Å². The Bertz CT molecular complexity index is 1030. The van der Waals surface area contributed by atoms with Crippen molar-refractivity contribution in [3.8, 4) is 17.2 Å². The highest BCUT2D eigenvalue weighted by Crippen LogP contribution is 2.33. The quantitative estimate of drug-likeness (QED) is 0.512. The molecule has 1 aromatic heterocycles. The van der Waals surface area contributed by atoms with E-state index in [1.807, 2.05) is 42.5 Å². The van der Waals surface area contributed by atoms with Crippen LogP contribution in [0.2, 0.25) is 0 Å². The van der Waals surface area contributed by atoms with Gasteiger partial charge in [0.15, 0.2) is 16.3 Å². The molecule has 154 valence electrons. The van der Waals surface area contributed by atoms with Gasteiger partial charge in [0.25, 0.3) is 5.91 Å². The Morgan fingerprint density at radius 2 is 1.86 bits per heavy atom. The topological polar surface area (TPSA) is 62.0 Å². The minimum Gasteiger partial charge on any atom is -0.493 e. The second-order valence-electron chi connectivity index (χ2n) is 6.12. The third kappa shape index (κ3) is 5.33. The second kappa shape index (κ2) is 10.4. The van der Waals surface area contributed by atoms with Gasteiger partial charge in [0, 0.05) is 24.4 Å². The molecule has 8 heteroatoms. The summed E-state index contributed by atoms with van der Waals surface area (Å²) in [6.45, 7) is 1.05. The van der Waals surface area contributed by atoms with Gasteiger partial charge in [0.1, 0.15) is 5.75 Å². The van der Waals surface area contributed by atoms with E-state index in [0.29, 0.717) is 22.9 Å². The van der Waals surface area contributed by atoms with Crippen LogP contribution >= 0.6 is 23.1 Å². The number of para-hydroxylation sites is 1. The highest BCUT2D eigenvalue weighted by atomic mass is 32.2. The summed E-state index contributed by atoms with van der Waals surface area (Å²) in [5.74, 6) is 2.77. The van der Waals surface area contributed by atoms with E-state index in [1.54, 1.807) is 26.0 Å². The van der Waals surface area contributed by atoms with Gasteiger partial charge >= 0.3 is 0 Å². The summed E-state index contributed by atoms with van der Waals surface area (Å²) in [4.78, 5) is 17.5. The van der Waals surface area contributed by atoms with Crippen LogP contribution in [0.4, 0.5) is 0 Å². The average molecular weight is 433 g/mol. The lowest BCUT2D eigenvalue weighted by Gasteiger charge is -2.09. The number of aryl methyl sites for hydroxylation is 1. The van der Waals surface area contributed by atoms with Gasteiger partial charge in [-0.25, -0.2) is 0 Å². The lowest BCUT2D eigenvalue weighted by molar-refractivity contribution is -0.118. The number of hydrogen-bond acceptors (Lipinski definition) is 6. The predicted molar refractivity (Wildman–Crippen MR) is 118 cm³/mol. The van der Waals surface area contributed by atoms with Crippen LogP contribution in [-0.4, -0.2) is 43.3 Å². The lowest BCUT2D eigenvalue weighted by atomic mass is 10.3. The molecule has 0 saturated carbocycles. The van der Waals surface area contributed by atoms with Gasteiger partial charge in [0.05, 0.1) is 37.5 Å². The molecule has 2 aromatic carbocycles. The molecule has 1 amide bonds. The van der Waals surface area contributed by atoms with Crippen molar-refractivity contribution in [2.75, 3.05) is 32.8 Å². The number of thioether (sulfide) groups is 1. The van der Waals surface area contributed by atoms with E-state index in [0.717, 1.165) is 28.3 Å². The molecule has 6 nitrogen and oxygen atoms in total. The number of aromatic nitrogens is 1. The summed E-state index contributed by atoms with van der Waals surface area (Å²) in [7, 11) is 3.23. The third-order valence-electron chi connectivity index (χ3n) is 4.26. The molecule has 0 aliphatic heterocycles. The zero-order chi connectivity index (χ0) is 20.6. The van der Waals surface area contributed by atoms with Crippen molar-refractivity contribution in [3.05, 3.63) is 47.3 Å². The first kappa shape index (κ1) is 21.3. The first-order valence-corrected chi connectivity index (χ1v) is 11.4. The highest BCUT2D eigenvalue weighted by molar-refractivity contribution is 7.98. The molecule has 0 bridgehead atoms. The fourth-order valence-electron chi connectivity index (χ4n) is 2.82.